The Morgan fingerprint density at radius 2 is 1.78 bits per heavy atom. The van der Waals surface area contributed by atoms with Gasteiger partial charge >= 0.3 is 0 Å². The highest BCUT2D eigenvalue weighted by Gasteiger charge is 2.00. The van der Waals surface area contributed by atoms with E-state index in [0.29, 0.717) is 5.92 Å². The van der Waals surface area contributed by atoms with E-state index in [1.54, 1.807) is 0 Å². The average molecular weight is 243 g/mol. The van der Waals surface area contributed by atoms with Crippen molar-refractivity contribution in [3.63, 3.8) is 0 Å². The van der Waals surface area contributed by atoms with Gasteiger partial charge in [0, 0.05) is 12.2 Å². The summed E-state index contributed by atoms with van der Waals surface area (Å²) in [6.45, 7) is 15.4. The molecule has 0 amide bonds. The number of benzene rings is 1. The Balaban J connectivity index is 2.53. The van der Waals surface area contributed by atoms with Gasteiger partial charge in [0.25, 0.3) is 0 Å². The predicted octanol–water partition coefficient (Wildman–Crippen LogP) is 4.41. The van der Waals surface area contributed by atoms with E-state index >= 15 is 0 Å². The van der Waals surface area contributed by atoms with Crippen LogP contribution in [0.3, 0.4) is 0 Å². The largest absolute Gasteiger partial charge is 0.385 e. The summed E-state index contributed by atoms with van der Waals surface area (Å²) in [6, 6.07) is 8.65. The van der Waals surface area contributed by atoms with Crippen LogP contribution in [-0.4, -0.2) is 6.54 Å². The summed E-state index contributed by atoms with van der Waals surface area (Å²) in [7, 11) is 0. The van der Waals surface area contributed by atoms with Gasteiger partial charge < -0.3 is 5.32 Å². The molecule has 1 aromatic carbocycles. The summed E-state index contributed by atoms with van der Waals surface area (Å²) < 4.78 is 0. The highest BCUT2D eigenvalue weighted by atomic mass is 14.9. The normalized spacial score (nSPS) is 10.4. The van der Waals surface area contributed by atoms with Gasteiger partial charge in [-0.15, -0.1) is 6.58 Å². The second kappa shape index (κ2) is 7.05. The molecule has 1 rings (SSSR count). The van der Waals surface area contributed by atoms with Crippen LogP contribution in [0.15, 0.2) is 43.0 Å². The van der Waals surface area contributed by atoms with Crippen molar-refractivity contribution in [3.8, 4) is 0 Å². The van der Waals surface area contributed by atoms with Gasteiger partial charge in [0.15, 0.2) is 0 Å². The van der Waals surface area contributed by atoms with Crippen LogP contribution in [0.4, 0.5) is 0 Å². The van der Waals surface area contributed by atoms with Crippen LogP contribution in [0.5, 0.6) is 0 Å². The molecule has 0 heterocycles. The second-order valence-electron chi connectivity index (χ2n) is 5.41. The van der Waals surface area contributed by atoms with Crippen molar-refractivity contribution in [1.82, 2.24) is 5.32 Å². The summed E-state index contributed by atoms with van der Waals surface area (Å²) in [4.78, 5) is 0. The molecule has 0 saturated carbocycles. The molecular formula is C17H25N. The van der Waals surface area contributed by atoms with Crippen LogP contribution in [-0.2, 0) is 6.42 Å². The lowest BCUT2D eigenvalue weighted by Gasteiger charge is -2.12. The molecule has 0 aromatic heterocycles. The predicted molar refractivity (Wildman–Crippen MR) is 81.5 cm³/mol. The van der Waals surface area contributed by atoms with Crippen molar-refractivity contribution in [1.29, 1.82) is 0 Å². The maximum absolute atomic E-state index is 4.08. The summed E-state index contributed by atoms with van der Waals surface area (Å²) in [5.74, 6) is 0.636. The van der Waals surface area contributed by atoms with E-state index in [2.05, 4.69) is 63.5 Å². The lowest BCUT2D eigenvalue weighted by Crippen LogP contribution is -2.17. The molecule has 0 atom stereocenters. The number of nitrogens with one attached hydrogen (secondary N) is 1. The van der Waals surface area contributed by atoms with Crippen LogP contribution in [0.25, 0.3) is 5.70 Å². The molecule has 0 unspecified atom stereocenters. The third-order valence-electron chi connectivity index (χ3n) is 2.87. The first kappa shape index (κ1) is 14.6. The Labute approximate surface area is 112 Å². The SMILES string of the molecule is C=C(C)CCc1ccc(C(=C)NCC(C)C)cc1. The van der Waals surface area contributed by atoms with E-state index in [-0.39, 0.29) is 0 Å². The van der Waals surface area contributed by atoms with Gasteiger partial charge in [-0.25, -0.2) is 0 Å². The minimum absolute atomic E-state index is 0.636. The highest BCUT2D eigenvalue weighted by molar-refractivity contribution is 5.61. The van der Waals surface area contributed by atoms with Gasteiger partial charge in [0.2, 0.25) is 0 Å². The van der Waals surface area contributed by atoms with E-state index in [1.165, 1.54) is 16.7 Å². The maximum Gasteiger partial charge on any atom is 0.0340 e. The van der Waals surface area contributed by atoms with E-state index in [0.717, 1.165) is 25.1 Å². The van der Waals surface area contributed by atoms with E-state index in [1.807, 2.05) is 0 Å². The monoisotopic (exact) mass is 243 g/mol. The van der Waals surface area contributed by atoms with Gasteiger partial charge in [-0.3, -0.25) is 0 Å². The van der Waals surface area contributed by atoms with Crippen molar-refractivity contribution in [2.75, 3.05) is 6.54 Å². The Morgan fingerprint density at radius 1 is 1.17 bits per heavy atom. The fourth-order valence-electron chi connectivity index (χ4n) is 1.66. The summed E-state index contributed by atoms with van der Waals surface area (Å²) in [5, 5.41) is 3.36. The van der Waals surface area contributed by atoms with Crippen LogP contribution < -0.4 is 5.32 Å². The quantitative estimate of drug-likeness (QED) is 0.699. The van der Waals surface area contributed by atoms with Gasteiger partial charge in [0.1, 0.15) is 0 Å². The molecule has 0 fully saturated rings. The summed E-state index contributed by atoms with van der Waals surface area (Å²) >= 11 is 0. The highest BCUT2D eigenvalue weighted by Crippen LogP contribution is 2.13. The van der Waals surface area contributed by atoms with Crippen LogP contribution in [0.2, 0.25) is 0 Å². The molecule has 1 N–H and O–H groups in total. The Kier molecular flexibility index (Phi) is 5.70. The Bertz CT molecular complexity index is 398. The molecule has 98 valence electrons. The molecule has 1 aromatic rings. The Hall–Kier alpha value is -1.50. The molecule has 0 aliphatic carbocycles. The minimum Gasteiger partial charge on any atom is -0.385 e. The third kappa shape index (κ3) is 5.22. The molecule has 0 spiro atoms. The van der Waals surface area contributed by atoms with Crippen LogP contribution >= 0.6 is 0 Å². The van der Waals surface area contributed by atoms with Crippen molar-refractivity contribution < 1.29 is 0 Å². The summed E-state index contributed by atoms with van der Waals surface area (Å²) in [5.41, 5.74) is 4.78. The van der Waals surface area contributed by atoms with Gasteiger partial charge in [-0.05, 0) is 36.8 Å². The molecule has 0 bridgehead atoms. The molecule has 0 saturated heterocycles. The average Bonchev–Trinajstić information content (AvgIpc) is 2.34. The lowest BCUT2D eigenvalue weighted by atomic mass is 10.0. The first-order valence-corrected chi connectivity index (χ1v) is 6.65. The minimum atomic E-state index is 0.636. The fraction of sp³-hybridized carbons (Fsp3) is 0.412. The summed E-state index contributed by atoms with van der Waals surface area (Å²) in [6.07, 6.45) is 2.13. The van der Waals surface area contributed by atoms with Gasteiger partial charge in [0.05, 0.1) is 0 Å². The second-order valence-corrected chi connectivity index (χ2v) is 5.41. The first-order chi connectivity index (χ1) is 8.49. The smallest absolute Gasteiger partial charge is 0.0340 e. The number of aryl methyl sites for hydroxylation is 1. The van der Waals surface area contributed by atoms with E-state index < -0.39 is 0 Å². The third-order valence-corrected chi connectivity index (χ3v) is 2.87. The van der Waals surface area contributed by atoms with Crippen molar-refractivity contribution in [2.24, 2.45) is 5.92 Å². The standard InChI is InChI=1S/C17H25N/c1-13(2)6-7-16-8-10-17(11-9-16)15(5)18-12-14(3)4/h8-11,14,18H,1,5-7,12H2,2-4H3. The number of hydrogen-bond donors (Lipinski definition) is 1. The maximum atomic E-state index is 4.08. The van der Waals surface area contributed by atoms with E-state index in [4.69, 9.17) is 0 Å². The molecule has 18 heavy (non-hydrogen) atoms. The number of rotatable bonds is 7. The van der Waals surface area contributed by atoms with Crippen molar-refractivity contribution in [3.05, 3.63) is 54.1 Å². The van der Waals surface area contributed by atoms with Gasteiger partial charge in [-0.2, -0.15) is 0 Å². The van der Waals surface area contributed by atoms with Crippen molar-refractivity contribution in [2.45, 2.75) is 33.6 Å². The first-order valence-electron chi connectivity index (χ1n) is 6.65. The molecule has 0 aliphatic rings. The molecular weight excluding hydrogens is 218 g/mol. The zero-order valence-corrected chi connectivity index (χ0v) is 11.9. The van der Waals surface area contributed by atoms with Crippen LogP contribution in [0, 0.1) is 5.92 Å². The molecule has 1 nitrogen and oxygen atoms in total. The molecule has 0 radical (unpaired) electrons. The zero-order valence-electron chi connectivity index (χ0n) is 11.9. The topological polar surface area (TPSA) is 12.0 Å². The van der Waals surface area contributed by atoms with Crippen LogP contribution in [0.1, 0.15) is 38.3 Å². The number of allylic oxidation sites excluding steroid dienone is 1. The molecule has 1 heteroatoms. The number of hydrogen-bond acceptors (Lipinski definition) is 1. The van der Waals surface area contributed by atoms with Gasteiger partial charge in [-0.1, -0.05) is 50.3 Å². The van der Waals surface area contributed by atoms with Crippen molar-refractivity contribution >= 4 is 5.70 Å². The fourth-order valence-corrected chi connectivity index (χ4v) is 1.66. The van der Waals surface area contributed by atoms with E-state index in [9.17, 15) is 0 Å². The lowest BCUT2D eigenvalue weighted by molar-refractivity contribution is 0.618. The molecule has 0 aliphatic heterocycles. The zero-order chi connectivity index (χ0) is 13.5. The Morgan fingerprint density at radius 3 is 2.28 bits per heavy atom.